The number of hydrogen-bond donors (Lipinski definition) is 1. The third-order valence-corrected chi connectivity index (χ3v) is 8.26. The first-order valence-corrected chi connectivity index (χ1v) is 14.1. The maximum Gasteiger partial charge on any atom is 0.271 e. The highest BCUT2D eigenvalue weighted by molar-refractivity contribution is 8.00. The van der Waals surface area contributed by atoms with Crippen LogP contribution < -0.4 is 5.43 Å². The highest BCUT2D eigenvalue weighted by Gasteiger charge is 2.32. The van der Waals surface area contributed by atoms with E-state index in [-0.39, 0.29) is 17.2 Å². The van der Waals surface area contributed by atoms with Gasteiger partial charge in [0.25, 0.3) is 5.91 Å². The van der Waals surface area contributed by atoms with Crippen LogP contribution in [0.5, 0.6) is 0 Å². The number of hydrazone groups is 1. The molecule has 1 aliphatic rings. The lowest BCUT2D eigenvalue weighted by atomic mass is 10.1. The molecule has 5 rings (SSSR count). The van der Waals surface area contributed by atoms with Crippen LogP contribution in [0, 0.1) is 13.8 Å². The molecule has 2 heterocycles. The molecule has 0 radical (unpaired) electrons. The Morgan fingerprint density at radius 1 is 1.03 bits per heavy atom. The summed E-state index contributed by atoms with van der Waals surface area (Å²) in [6.07, 6.45) is 1.62. The molecule has 39 heavy (non-hydrogen) atoms. The molecule has 3 aromatic carbocycles. The zero-order valence-electron chi connectivity index (χ0n) is 21.4. The van der Waals surface area contributed by atoms with Gasteiger partial charge in [0, 0.05) is 44.8 Å². The Kier molecular flexibility index (Phi) is 8.12. The highest BCUT2D eigenvalue weighted by Crippen LogP contribution is 2.39. The number of rotatable bonds is 7. The molecule has 198 valence electrons. The zero-order chi connectivity index (χ0) is 27.5. The first-order chi connectivity index (χ1) is 18.8. The molecule has 1 unspecified atom stereocenters. The fourth-order valence-corrected chi connectivity index (χ4v) is 6.39. The first-order valence-electron chi connectivity index (χ1n) is 12.3. The highest BCUT2D eigenvalue weighted by atomic mass is 35.5. The minimum absolute atomic E-state index is 0.0857. The number of carbonyl (C=O) groups is 2. The minimum atomic E-state index is -0.315. The topological polar surface area (TPSA) is 66.7 Å². The normalized spacial score (nSPS) is 15.3. The molecule has 6 nitrogen and oxygen atoms in total. The fraction of sp³-hybridized carbons (Fsp3) is 0.167. The van der Waals surface area contributed by atoms with Crippen molar-refractivity contribution in [3.63, 3.8) is 0 Å². The number of nitrogens with one attached hydrogen (secondary N) is 1. The van der Waals surface area contributed by atoms with Crippen molar-refractivity contribution in [2.75, 3.05) is 5.75 Å². The Balaban J connectivity index is 1.25. The van der Waals surface area contributed by atoms with Crippen molar-refractivity contribution < 1.29 is 9.59 Å². The number of benzene rings is 3. The van der Waals surface area contributed by atoms with Gasteiger partial charge in [-0.15, -0.1) is 11.8 Å². The van der Waals surface area contributed by atoms with Crippen LogP contribution in [0.3, 0.4) is 0 Å². The summed E-state index contributed by atoms with van der Waals surface area (Å²) in [7, 11) is 0. The Morgan fingerprint density at radius 3 is 2.41 bits per heavy atom. The number of aromatic nitrogens is 1. The van der Waals surface area contributed by atoms with Gasteiger partial charge < -0.3 is 9.47 Å². The maximum atomic E-state index is 12.7. The zero-order valence-corrected chi connectivity index (χ0v) is 23.7. The van der Waals surface area contributed by atoms with Gasteiger partial charge in [-0.25, -0.2) is 5.43 Å². The molecule has 0 saturated carbocycles. The Bertz CT molecular complexity index is 1530. The van der Waals surface area contributed by atoms with Gasteiger partial charge in [-0.05, 0) is 61.4 Å². The molecule has 0 aliphatic carbocycles. The molecule has 1 N–H and O–H groups in total. The van der Waals surface area contributed by atoms with Crippen molar-refractivity contribution in [2.24, 2.45) is 5.10 Å². The van der Waals surface area contributed by atoms with Crippen LogP contribution in [-0.2, 0) is 11.3 Å². The van der Waals surface area contributed by atoms with Gasteiger partial charge in [0.05, 0.1) is 12.0 Å². The summed E-state index contributed by atoms with van der Waals surface area (Å²) >= 11 is 14.0. The van der Waals surface area contributed by atoms with Gasteiger partial charge in [-0.1, -0.05) is 65.7 Å². The first kappa shape index (κ1) is 27.1. The molecule has 0 bridgehead atoms. The van der Waals surface area contributed by atoms with Crippen molar-refractivity contribution in [3.8, 4) is 5.69 Å². The standard InChI is InChI=1S/C30H26Cl2N4O2S/c1-19-12-24(20(2)36(19)27-14-25(31)13-26(32)15-27)16-33-34-29(38)22-8-10-23(11-9-22)30-35(28(37)18-39-30)17-21-6-4-3-5-7-21/h3-16,30H,17-18H2,1-2H3,(H,34,38)/b33-16+. The van der Waals surface area contributed by atoms with Crippen molar-refractivity contribution in [2.45, 2.75) is 25.8 Å². The number of amides is 2. The van der Waals surface area contributed by atoms with E-state index in [2.05, 4.69) is 10.5 Å². The van der Waals surface area contributed by atoms with Gasteiger partial charge in [0.1, 0.15) is 5.37 Å². The monoisotopic (exact) mass is 576 g/mol. The summed E-state index contributed by atoms with van der Waals surface area (Å²) in [5, 5.41) is 5.21. The molecule has 0 spiro atoms. The molecule has 1 fully saturated rings. The SMILES string of the molecule is Cc1cc(/C=N/NC(=O)c2ccc(C3SCC(=O)N3Cc3ccccc3)cc2)c(C)n1-c1cc(Cl)cc(Cl)c1. The summed E-state index contributed by atoms with van der Waals surface area (Å²) in [6.45, 7) is 4.51. The summed E-state index contributed by atoms with van der Waals surface area (Å²) in [5.41, 5.74) is 8.81. The molecule has 9 heteroatoms. The number of nitrogens with zero attached hydrogens (tertiary/aromatic N) is 3. The maximum absolute atomic E-state index is 12.7. The predicted molar refractivity (Wildman–Crippen MR) is 159 cm³/mol. The van der Waals surface area contributed by atoms with E-state index in [0.29, 0.717) is 27.9 Å². The van der Waals surface area contributed by atoms with Crippen LogP contribution in [0.25, 0.3) is 5.69 Å². The van der Waals surface area contributed by atoms with E-state index < -0.39 is 0 Å². The van der Waals surface area contributed by atoms with Gasteiger partial charge >= 0.3 is 0 Å². The number of thioether (sulfide) groups is 1. The third-order valence-electron chi connectivity index (χ3n) is 6.57. The van der Waals surface area contributed by atoms with E-state index in [1.807, 2.05) is 84.0 Å². The van der Waals surface area contributed by atoms with Gasteiger partial charge in [-0.3, -0.25) is 9.59 Å². The van der Waals surface area contributed by atoms with Crippen LogP contribution in [0.4, 0.5) is 0 Å². The van der Waals surface area contributed by atoms with Crippen LogP contribution in [-0.4, -0.2) is 33.2 Å². The largest absolute Gasteiger partial charge is 0.322 e. The second-order valence-electron chi connectivity index (χ2n) is 9.28. The van der Waals surface area contributed by atoms with E-state index in [1.54, 1.807) is 36.2 Å². The number of hydrogen-bond acceptors (Lipinski definition) is 4. The quantitative estimate of drug-likeness (QED) is 0.191. The molecule has 1 aromatic heterocycles. The second kappa shape index (κ2) is 11.7. The van der Waals surface area contributed by atoms with E-state index >= 15 is 0 Å². The van der Waals surface area contributed by atoms with E-state index in [1.165, 1.54) is 0 Å². The van der Waals surface area contributed by atoms with Crippen LogP contribution >= 0.6 is 35.0 Å². The number of halogens is 2. The third kappa shape index (κ3) is 6.06. The smallest absolute Gasteiger partial charge is 0.271 e. The lowest BCUT2D eigenvalue weighted by Gasteiger charge is -2.24. The molecule has 1 saturated heterocycles. The average molecular weight is 578 g/mol. The number of carbonyl (C=O) groups excluding carboxylic acids is 2. The molecule has 4 aromatic rings. The Morgan fingerprint density at radius 2 is 1.72 bits per heavy atom. The Labute approximate surface area is 241 Å². The predicted octanol–water partition coefficient (Wildman–Crippen LogP) is 6.94. The molecule has 1 atom stereocenters. The summed E-state index contributed by atoms with van der Waals surface area (Å²) in [6, 6.07) is 24.6. The van der Waals surface area contributed by atoms with Crippen LogP contribution in [0.15, 0.2) is 84.0 Å². The fourth-order valence-electron chi connectivity index (χ4n) is 4.69. The average Bonchev–Trinajstić information content (AvgIpc) is 3.41. The van der Waals surface area contributed by atoms with E-state index in [4.69, 9.17) is 23.2 Å². The van der Waals surface area contributed by atoms with E-state index in [9.17, 15) is 9.59 Å². The van der Waals surface area contributed by atoms with Crippen molar-refractivity contribution in [3.05, 3.63) is 123 Å². The van der Waals surface area contributed by atoms with Gasteiger partial charge in [-0.2, -0.15) is 5.10 Å². The summed E-state index contributed by atoms with van der Waals surface area (Å²) < 4.78 is 2.03. The van der Waals surface area contributed by atoms with Gasteiger partial charge in [0.2, 0.25) is 5.91 Å². The molecule has 2 amide bonds. The van der Waals surface area contributed by atoms with Crippen molar-refractivity contribution in [1.29, 1.82) is 0 Å². The number of aryl methyl sites for hydroxylation is 1. The van der Waals surface area contributed by atoms with Crippen LogP contribution in [0.2, 0.25) is 10.0 Å². The van der Waals surface area contributed by atoms with Crippen LogP contribution in [0.1, 0.15) is 43.8 Å². The summed E-state index contributed by atoms with van der Waals surface area (Å²) in [5.74, 6) is 0.242. The molecular formula is C30H26Cl2N4O2S. The lowest BCUT2D eigenvalue weighted by Crippen LogP contribution is -2.27. The second-order valence-corrected chi connectivity index (χ2v) is 11.2. The minimum Gasteiger partial charge on any atom is -0.322 e. The van der Waals surface area contributed by atoms with Crippen molar-refractivity contribution >= 4 is 53.0 Å². The lowest BCUT2D eigenvalue weighted by molar-refractivity contribution is -0.128. The van der Waals surface area contributed by atoms with E-state index in [0.717, 1.165) is 33.8 Å². The molecular weight excluding hydrogens is 551 g/mol. The van der Waals surface area contributed by atoms with Crippen molar-refractivity contribution in [1.82, 2.24) is 14.9 Å². The Hall–Kier alpha value is -3.52. The molecule has 1 aliphatic heterocycles. The van der Waals surface area contributed by atoms with Gasteiger partial charge in [0.15, 0.2) is 0 Å². The summed E-state index contributed by atoms with van der Waals surface area (Å²) in [4.78, 5) is 27.2.